The lowest BCUT2D eigenvalue weighted by atomic mass is 9.89. The first-order valence-corrected chi connectivity index (χ1v) is 11.1. The highest BCUT2D eigenvalue weighted by Crippen LogP contribution is 2.37. The maximum Gasteiger partial charge on any atom is 0.147 e. The number of nitrogens with two attached hydrogens (primary N) is 1. The molecule has 2 aliphatic rings. The number of hydrogen-bond donors (Lipinski definition) is 3. The van der Waals surface area contributed by atoms with Gasteiger partial charge in [0.15, 0.2) is 0 Å². The fourth-order valence-electron chi connectivity index (χ4n) is 3.38. The molecule has 0 saturated carbocycles. The van der Waals surface area contributed by atoms with Gasteiger partial charge in [-0.05, 0) is 57.1 Å². The highest BCUT2D eigenvalue weighted by molar-refractivity contribution is 7.93. The van der Waals surface area contributed by atoms with Gasteiger partial charge in [-0.3, -0.25) is 4.98 Å². The predicted molar refractivity (Wildman–Crippen MR) is 103 cm³/mol. The number of aliphatic hydroxyl groups is 1. The SMILES string of the molecule is CC(C)(O)c1ncc(S(N)(=O)=NCNc2c3c(nc4c2CC4)CCC3)s1. The molecule has 0 aliphatic heterocycles. The van der Waals surface area contributed by atoms with E-state index < -0.39 is 15.5 Å². The molecule has 9 heteroatoms. The molecule has 26 heavy (non-hydrogen) atoms. The third kappa shape index (κ3) is 3.13. The summed E-state index contributed by atoms with van der Waals surface area (Å²) in [5.74, 6) is 0. The van der Waals surface area contributed by atoms with Crippen LogP contribution in [0.15, 0.2) is 14.8 Å². The summed E-state index contributed by atoms with van der Waals surface area (Å²) >= 11 is 1.14. The Balaban J connectivity index is 1.56. The van der Waals surface area contributed by atoms with Crippen LogP contribution in [-0.4, -0.2) is 26.0 Å². The van der Waals surface area contributed by atoms with Crippen molar-refractivity contribution >= 4 is 26.9 Å². The lowest BCUT2D eigenvalue weighted by molar-refractivity contribution is 0.0783. The molecule has 140 valence electrons. The molecule has 0 bridgehead atoms. The minimum atomic E-state index is -3.05. The monoisotopic (exact) mass is 393 g/mol. The van der Waals surface area contributed by atoms with Crippen molar-refractivity contribution in [3.63, 3.8) is 0 Å². The first-order chi connectivity index (χ1) is 12.3. The topological polar surface area (TPSA) is 113 Å². The molecule has 2 heterocycles. The summed E-state index contributed by atoms with van der Waals surface area (Å²) in [6.45, 7) is 3.44. The minimum Gasteiger partial charge on any atom is -0.383 e. The summed E-state index contributed by atoms with van der Waals surface area (Å²) in [4.78, 5) is 8.87. The van der Waals surface area contributed by atoms with Gasteiger partial charge in [-0.1, -0.05) is 0 Å². The van der Waals surface area contributed by atoms with Crippen LogP contribution in [0.1, 0.15) is 47.8 Å². The molecule has 2 aromatic heterocycles. The van der Waals surface area contributed by atoms with Crippen LogP contribution in [0.4, 0.5) is 5.69 Å². The minimum absolute atomic E-state index is 0.175. The molecule has 0 aromatic carbocycles. The zero-order chi connectivity index (χ0) is 18.5. The summed E-state index contributed by atoms with van der Waals surface area (Å²) in [6.07, 6.45) is 6.69. The van der Waals surface area contributed by atoms with Crippen LogP contribution in [0, 0.1) is 0 Å². The second-order valence-corrected chi connectivity index (χ2v) is 10.4. The number of aromatic nitrogens is 2. The molecular formula is C17H23N5O2S2. The van der Waals surface area contributed by atoms with Crippen molar-refractivity contribution in [1.82, 2.24) is 9.97 Å². The lowest BCUT2D eigenvalue weighted by Crippen LogP contribution is -2.19. The standard InChI is InChI=1S/C17H23N5O2S2/c1-17(2,23)16-19-8-14(25-16)26(18,24)21-9-20-15-10-4-3-5-12(10)22-13-7-6-11(13)15/h8,23H,3-7,9H2,1-2H3,(H,20,22)(H2,18,21,24). The summed E-state index contributed by atoms with van der Waals surface area (Å²) in [5, 5.41) is 19.8. The molecule has 0 radical (unpaired) electrons. The molecule has 0 amide bonds. The van der Waals surface area contributed by atoms with Crippen LogP contribution in [0.5, 0.6) is 0 Å². The molecule has 0 saturated heterocycles. The number of anilines is 1. The van der Waals surface area contributed by atoms with Crippen molar-refractivity contribution in [2.75, 3.05) is 12.0 Å². The van der Waals surface area contributed by atoms with Crippen LogP contribution in [-0.2, 0) is 41.2 Å². The van der Waals surface area contributed by atoms with Crippen molar-refractivity contribution < 1.29 is 9.32 Å². The predicted octanol–water partition coefficient (Wildman–Crippen LogP) is 2.12. The molecule has 4 N–H and O–H groups in total. The first kappa shape index (κ1) is 17.8. The maximum absolute atomic E-state index is 12.8. The number of nitrogens with one attached hydrogen (secondary N) is 1. The quantitative estimate of drug-likeness (QED) is 0.720. The van der Waals surface area contributed by atoms with E-state index in [1.807, 2.05) is 0 Å². The average molecular weight is 394 g/mol. The molecule has 2 aromatic rings. The number of pyridine rings is 1. The Kier molecular flexibility index (Phi) is 4.30. The number of aryl methyl sites for hydroxylation is 2. The van der Waals surface area contributed by atoms with E-state index in [4.69, 9.17) is 10.1 Å². The number of hydrogen-bond acceptors (Lipinski definition) is 7. The highest BCUT2D eigenvalue weighted by atomic mass is 32.2. The second-order valence-electron chi connectivity index (χ2n) is 7.27. The van der Waals surface area contributed by atoms with Crippen molar-refractivity contribution in [3.8, 4) is 0 Å². The largest absolute Gasteiger partial charge is 0.383 e. The molecule has 0 spiro atoms. The van der Waals surface area contributed by atoms with Gasteiger partial charge >= 0.3 is 0 Å². The van der Waals surface area contributed by atoms with Gasteiger partial charge < -0.3 is 10.4 Å². The van der Waals surface area contributed by atoms with E-state index in [9.17, 15) is 9.32 Å². The molecule has 4 rings (SSSR count). The summed E-state index contributed by atoms with van der Waals surface area (Å²) in [7, 11) is -3.05. The zero-order valence-corrected chi connectivity index (χ0v) is 16.5. The van der Waals surface area contributed by atoms with Crippen molar-refractivity contribution in [2.45, 2.75) is 55.8 Å². The maximum atomic E-state index is 12.8. The van der Waals surface area contributed by atoms with Gasteiger partial charge in [0.1, 0.15) is 31.4 Å². The highest BCUT2D eigenvalue weighted by Gasteiger charge is 2.27. The normalized spacial score (nSPS) is 17.8. The Bertz CT molecular complexity index is 984. The van der Waals surface area contributed by atoms with Crippen LogP contribution >= 0.6 is 11.3 Å². The summed E-state index contributed by atoms with van der Waals surface area (Å²) in [6, 6.07) is 0. The number of fused-ring (bicyclic) bond motifs is 2. The summed E-state index contributed by atoms with van der Waals surface area (Å²) < 4.78 is 17.3. The molecule has 7 nitrogen and oxygen atoms in total. The van der Waals surface area contributed by atoms with Crippen molar-refractivity contribution in [3.05, 3.63) is 33.7 Å². The second kappa shape index (κ2) is 6.26. The van der Waals surface area contributed by atoms with Crippen molar-refractivity contribution in [2.24, 2.45) is 9.50 Å². The van der Waals surface area contributed by atoms with Crippen LogP contribution in [0.2, 0.25) is 0 Å². The molecular weight excluding hydrogens is 370 g/mol. The van der Waals surface area contributed by atoms with Gasteiger partial charge in [-0.15, -0.1) is 11.3 Å². The fourth-order valence-corrected chi connectivity index (χ4v) is 5.49. The average Bonchev–Trinajstić information content (AvgIpc) is 3.18. The molecule has 1 atom stereocenters. The number of thiazole rings is 1. The molecule has 0 fully saturated rings. The van der Waals surface area contributed by atoms with E-state index in [2.05, 4.69) is 14.7 Å². The van der Waals surface area contributed by atoms with Gasteiger partial charge in [0.05, 0.1) is 6.20 Å². The van der Waals surface area contributed by atoms with Crippen LogP contribution < -0.4 is 10.5 Å². The first-order valence-electron chi connectivity index (χ1n) is 8.72. The van der Waals surface area contributed by atoms with Gasteiger partial charge in [0.2, 0.25) is 0 Å². The van der Waals surface area contributed by atoms with E-state index in [-0.39, 0.29) is 6.67 Å². The third-order valence-electron chi connectivity index (χ3n) is 4.83. The van der Waals surface area contributed by atoms with E-state index in [1.54, 1.807) is 13.8 Å². The smallest absolute Gasteiger partial charge is 0.147 e. The third-order valence-corrected chi connectivity index (χ3v) is 8.10. The van der Waals surface area contributed by atoms with Gasteiger partial charge in [0.25, 0.3) is 0 Å². The fraction of sp³-hybridized carbons (Fsp3) is 0.529. The van der Waals surface area contributed by atoms with Gasteiger partial charge in [-0.25, -0.2) is 14.3 Å². The number of rotatable bonds is 5. The Labute approximate surface area is 157 Å². The van der Waals surface area contributed by atoms with Crippen LogP contribution in [0.25, 0.3) is 0 Å². The van der Waals surface area contributed by atoms with E-state index >= 15 is 0 Å². The lowest BCUT2D eigenvalue weighted by Gasteiger charge is -2.24. The van der Waals surface area contributed by atoms with E-state index in [1.165, 1.54) is 28.7 Å². The van der Waals surface area contributed by atoms with E-state index in [0.717, 1.165) is 49.1 Å². The van der Waals surface area contributed by atoms with Crippen molar-refractivity contribution in [1.29, 1.82) is 0 Å². The Morgan fingerprint density at radius 2 is 2.04 bits per heavy atom. The van der Waals surface area contributed by atoms with E-state index in [0.29, 0.717) is 9.22 Å². The Morgan fingerprint density at radius 3 is 2.69 bits per heavy atom. The zero-order valence-electron chi connectivity index (χ0n) is 14.9. The molecule has 1 unspecified atom stereocenters. The summed E-state index contributed by atoms with van der Waals surface area (Å²) in [5.41, 5.74) is 4.96. The van der Waals surface area contributed by atoms with Gasteiger partial charge in [0, 0.05) is 17.1 Å². The number of nitrogens with zero attached hydrogens (tertiary/aromatic N) is 3. The Hall–Kier alpha value is -1.55. The van der Waals surface area contributed by atoms with Crippen LogP contribution in [0.3, 0.4) is 0 Å². The molecule has 2 aliphatic carbocycles. The Morgan fingerprint density at radius 1 is 1.31 bits per heavy atom. The van der Waals surface area contributed by atoms with Gasteiger partial charge in [-0.2, -0.15) is 4.36 Å².